The van der Waals surface area contributed by atoms with E-state index in [4.69, 9.17) is 0 Å². The first-order valence-corrected chi connectivity index (χ1v) is 10.2. The van der Waals surface area contributed by atoms with Gasteiger partial charge in [-0.25, -0.2) is 8.42 Å². The van der Waals surface area contributed by atoms with E-state index in [2.05, 4.69) is 14.8 Å². The number of sulfonamides is 1. The van der Waals surface area contributed by atoms with Crippen molar-refractivity contribution in [3.8, 4) is 0 Å². The van der Waals surface area contributed by atoms with Gasteiger partial charge in [0.2, 0.25) is 5.91 Å². The van der Waals surface area contributed by atoms with Crippen molar-refractivity contribution >= 4 is 21.8 Å². The molecule has 0 saturated carbocycles. The molecule has 0 bridgehead atoms. The lowest BCUT2D eigenvalue weighted by Gasteiger charge is -2.28. The molecule has 1 aromatic carbocycles. The maximum Gasteiger partial charge on any atom is 0.263 e. The molecule has 9 heteroatoms. The number of benzene rings is 1. The molecule has 2 aromatic rings. The summed E-state index contributed by atoms with van der Waals surface area (Å²) in [4.78, 5) is 19.2. The fraction of sp³-hybridized carbons (Fsp3) is 0.389. The van der Waals surface area contributed by atoms with Gasteiger partial charge < -0.3 is 4.90 Å². The molecule has 1 aliphatic rings. The normalized spacial score (nSPS) is 17.6. The Morgan fingerprint density at radius 3 is 2.63 bits per heavy atom. The number of hydrogen-bond donors (Lipinski definition) is 1. The number of nitrogens with one attached hydrogen (secondary N) is 1. The summed E-state index contributed by atoms with van der Waals surface area (Å²) in [6, 6.07) is 5.84. The Morgan fingerprint density at radius 1 is 1.30 bits per heavy atom. The molecule has 8 nitrogen and oxygen atoms in total. The Morgan fingerprint density at radius 2 is 2.00 bits per heavy atom. The SMILES string of the molecule is CC(C)N(Cc1cnn(C)c1)C(=O)[C@H](C)N=C1NS(=O)(=O)c2ccccc21. The molecule has 0 spiro atoms. The lowest BCUT2D eigenvalue weighted by Crippen LogP contribution is -2.42. The molecular formula is C18H23N5O3S. The van der Waals surface area contributed by atoms with Gasteiger partial charge in [-0.15, -0.1) is 0 Å². The Bertz CT molecular complexity index is 994. The average Bonchev–Trinajstić information content (AvgIpc) is 3.13. The molecule has 2 heterocycles. The van der Waals surface area contributed by atoms with Crippen molar-refractivity contribution in [3.63, 3.8) is 0 Å². The molecule has 1 amide bonds. The summed E-state index contributed by atoms with van der Waals surface area (Å²) < 4.78 is 28.5. The number of hydrogen-bond acceptors (Lipinski definition) is 5. The third kappa shape index (κ3) is 3.87. The first kappa shape index (κ1) is 19.1. The van der Waals surface area contributed by atoms with Gasteiger partial charge in [0.15, 0.2) is 0 Å². The second kappa shape index (κ2) is 7.15. The molecule has 3 rings (SSSR count). The van der Waals surface area contributed by atoms with Crippen molar-refractivity contribution in [2.24, 2.45) is 12.0 Å². The Labute approximate surface area is 159 Å². The van der Waals surface area contributed by atoms with Crippen LogP contribution in [0, 0.1) is 0 Å². The minimum Gasteiger partial charge on any atom is -0.334 e. The van der Waals surface area contributed by atoms with Crippen LogP contribution in [0.1, 0.15) is 31.9 Å². The highest BCUT2D eigenvalue weighted by Gasteiger charge is 2.32. The lowest BCUT2D eigenvalue weighted by molar-refractivity contribution is -0.134. The maximum absolute atomic E-state index is 13.0. The minimum absolute atomic E-state index is 0.0343. The van der Waals surface area contributed by atoms with E-state index in [0.717, 1.165) is 5.56 Å². The van der Waals surface area contributed by atoms with Crippen molar-refractivity contribution in [2.75, 3.05) is 0 Å². The minimum atomic E-state index is -3.63. The molecule has 0 unspecified atom stereocenters. The van der Waals surface area contributed by atoms with Crippen LogP contribution in [0.2, 0.25) is 0 Å². The van der Waals surface area contributed by atoms with Crippen LogP contribution in [0.15, 0.2) is 46.5 Å². The predicted octanol–water partition coefficient (Wildman–Crippen LogP) is 1.28. The zero-order chi connectivity index (χ0) is 19.8. The van der Waals surface area contributed by atoms with Crippen molar-refractivity contribution < 1.29 is 13.2 Å². The van der Waals surface area contributed by atoms with E-state index in [1.807, 2.05) is 27.1 Å². The largest absolute Gasteiger partial charge is 0.334 e. The number of aromatic nitrogens is 2. The quantitative estimate of drug-likeness (QED) is 0.833. The summed E-state index contributed by atoms with van der Waals surface area (Å²) in [6.07, 6.45) is 3.58. The van der Waals surface area contributed by atoms with Crippen LogP contribution in [0.4, 0.5) is 0 Å². The average molecular weight is 389 g/mol. The van der Waals surface area contributed by atoms with Gasteiger partial charge >= 0.3 is 0 Å². The highest BCUT2D eigenvalue weighted by Crippen LogP contribution is 2.23. The van der Waals surface area contributed by atoms with Crippen LogP contribution >= 0.6 is 0 Å². The van der Waals surface area contributed by atoms with Gasteiger partial charge in [0.25, 0.3) is 10.0 Å². The number of carbonyl (C=O) groups is 1. The number of amides is 1. The van der Waals surface area contributed by atoms with Gasteiger partial charge in [0, 0.05) is 37.0 Å². The van der Waals surface area contributed by atoms with Gasteiger partial charge in [0.05, 0.1) is 11.1 Å². The number of aliphatic imine (C=N–C) groups is 1. The zero-order valence-electron chi connectivity index (χ0n) is 15.7. The third-order valence-corrected chi connectivity index (χ3v) is 5.76. The molecule has 0 fully saturated rings. The standard InChI is InChI=1S/C18H23N5O3S/c1-12(2)23(11-14-9-19-22(4)10-14)18(24)13(3)20-17-15-7-5-6-8-16(15)27(25,26)21-17/h5-10,12-13H,11H2,1-4H3,(H,20,21)/t13-/m0/s1. The van der Waals surface area contributed by atoms with Crippen LogP contribution < -0.4 is 4.72 Å². The Kier molecular flexibility index (Phi) is 5.05. The molecular weight excluding hydrogens is 366 g/mol. The number of amidine groups is 1. The van der Waals surface area contributed by atoms with Crippen molar-refractivity contribution in [1.82, 2.24) is 19.4 Å². The monoisotopic (exact) mass is 389 g/mol. The Hall–Kier alpha value is -2.68. The van der Waals surface area contributed by atoms with Crippen LogP contribution in [0.25, 0.3) is 0 Å². The van der Waals surface area contributed by atoms with Gasteiger partial charge in [-0.3, -0.25) is 19.2 Å². The molecule has 1 aromatic heterocycles. The molecule has 27 heavy (non-hydrogen) atoms. The third-order valence-electron chi connectivity index (χ3n) is 4.36. The number of aryl methyl sites for hydroxylation is 1. The van der Waals surface area contributed by atoms with E-state index < -0.39 is 16.1 Å². The van der Waals surface area contributed by atoms with Gasteiger partial charge in [-0.05, 0) is 32.9 Å². The fourth-order valence-electron chi connectivity index (χ4n) is 2.98. The van der Waals surface area contributed by atoms with Crippen LogP contribution in [0.3, 0.4) is 0 Å². The summed E-state index contributed by atoms with van der Waals surface area (Å²) in [5.74, 6) is 0.0291. The molecule has 1 atom stereocenters. The predicted molar refractivity (Wildman–Crippen MR) is 102 cm³/mol. The molecule has 1 N–H and O–H groups in total. The van der Waals surface area contributed by atoms with Crippen molar-refractivity contribution in [2.45, 2.75) is 44.3 Å². The van der Waals surface area contributed by atoms with Crippen LogP contribution in [-0.4, -0.2) is 46.9 Å². The summed E-state index contributed by atoms with van der Waals surface area (Å²) in [5.41, 5.74) is 1.41. The van der Waals surface area contributed by atoms with E-state index >= 15 is 0 Å². The number of nitrogens with zero attached hydrogens (tertiary/aromatic N) is 4. The van der Waals surface area contributed by atoms with E-state index in [1.165, 1.54) is 6.07 Å². The first-order chi connectivity index (χ1) is 12.7. The number of carbonyl (C=O) groups excluding carboxylic acids is 1. The van der Waals surface area contributed by atoms with E-state index in [0.29, 0.717) is 12.1 Å². The summed E-state index contributed by atoms with van der Waals surface area (Å²) >= 11 is 0. The second-order valence-electron chi connectivity index (χ2n) is 6.84. The highest BCUT2D eigenvalue weighted by molar-refractivity contribution is 7.90. The maximum atomic E-state index is 13.0. The van der Waals surface area contributed by atoms with E-state index in [9.17, 15) is 13.2 Å². The lowest BCUT2D eigenvalue weighted by atomic mass is 10.2. The molecule has 0 aliphatic carbocycles. The molecule has 0 radical (unpaired) electrons. The first-order valence-electron chi connectivity index (χ1n) is 8.67. The van der Waals surface area contributed by atoms with E-state index in [-0.39, 0.29) is 22.7 Å². The second-order valence-corrected chi connectivity index (χ2v) is 8.49. The summed E-state index contributed by atoms with van der Waals surface area (Å²) in [5, 5.41) is 4.13. The van der Waals surface area contributed by atoms with E-state index in [1.54, 1.807) is 40.9 Å². The molecule has 144 valence electrons. The number of fused-ring (bicyclic) bond motifs is 1. The zero-order valence-corrected chi connectivity index (χ0v) is 16.6. The van der Waals surface area contributed by atoms with Crippen molar-refractivity contribution in [1.29, 1.82) is 0 Å². The van der Waals surface area contributed by atoms with Crippen LogP contribution in [-0.2, 0) is 28.4 Å². The van der Waals surface area contributed by atoms with Gasteiger partial charge in [-0.2, -0.15) is 5.10 Å². The summed E-state index contributed by atoms with van der Waals surface area (Å²) in [6.45, 7) is 5.95. The smallest absolute Gasteiger partial charge is 0.263 e. The highest BCUT2D eigenvalue weighted by atomic mass is 32.2. The molecule has 0 saturated heterocycles. The van der Waals surface area contributed by atoms with Gasteiger partial charge in [0.1, 0.15) is 11.9 Å². The topological polar surface area (TPSA) is 96.7 Å². The molecule has 1 aliphatic heterocycles. The number of rotatable bonds is 5. The Balaban J connectivity index is 1.85. The van der Waals surface area contributed by atoms with Gasteiger partial charge in [-0.1, -0.05) is 12.1 Å². The fourth-order valence-corrected chi connectivity index (χ4v) is 4.22. The summed E-state index contributed by atoms with van der Waals surface area (Å²) in [7, 11) is -1.80. The van der Waals surface area contributed by atoms with Crippen molar-refractivity contribution in [3.05, 3.63) is 47.8 Å². The van der Waals surface area contributed by atoms with Crippen LogP contribution in [0.5, 0.6) is 0 Å².